The van der Waals surface area contributed by atoms with Crippen LogP contribution in [0.15, 0.2) is 42.0 Å². The molecule has 0 bridgehead atoms. The van der Waals surface area contributed by atoms with E-state index in [2.05, 4.69) is 59.3 Å². The summed E-state index contributed by atoms with van der Waals surface area (Å²) in [5, 5.41) is 1.06. The first-order chi connectivity index (χ1) is 6.33. The van der Waals surface area contributed by atoms with E-state index >= 15 is 0 Å². The lowest BCUT2D eigenvalue weighted by atomic mass is 10.1. The maximum atomic E-state index is 3.44. The molecule has 70 valence electrons. The molecule has 1 heteroatoms. The van der Waals surface area contributed by atoms with E-state index in [0.29, 0.717) is 0 Å². The molecule has 0 atom stereocenters. The Balaban J connectivity index is 2.47. The van der Waals surface area contributed by atoms with Crippen LogP contribution in [0.5, 0.6) is 0 Å². The molecule has 0 saturated carbocycles. The molecule has 0 radical (unpaired) electrons. The van der Waals surface area contributed by atoms with Gasteiger partial charge in [-0.15, -0.1) is 0 Å². The normalized spacial score (nSPS) is 11.7. The van der Waals surface area contributed by atoms with Gasteiger partial charge in [-0.2, -0.15) is 0 Å². The predicted molar refractivity (Wildman–Crippen MR) is 62.3 cm³/mol. The van der Waals surface area contributed by atoms with E-state index in [4.69, 9.17) is 0 Å². The Bertz CT molecular complexity index is 262. The average Bonchev–Trinajstić information content (AvgIpc) is 2.17. The molecule has 0 amide bonds. The summed E-state index contributed by atoms with van der Waals surface area (Å²) in [4.78, 5) is 0. The SMILES string of the molecule is C/C(=C\Cc1ccccc1)CCBr. The van der Waals surface area contributed by atoms with Crippen molar-refractivity contribution in [1.82, 2.24) is 0 Å². The third-order valence-electron chi connectivity index (χ3n) is 2.02. The van der Waals surface area contributed by atoms with Crippen LogP contribution in [0, 0.1) is 0 Å². The van der Waals surface area contributed by atoms with E-state index in [9.17, 15) is 0 Å². The van der Waals surface area contributed by atoms with Crippen LogP contribution in [-0.2, 0) is 6.42 Å². The summed E-state index contributed by atoms with van der Waals surface area (Å²) in [7, 11) is 0. The van der Waals surface area contributed by atoms with Crippen LogP contribution < -0.4 is 0 Å². The number of hydrogen-bond acceptors (Lipinski definition) is 0. The van der Waals surface area contributed by atoms with Crippen LogP contribution in [0.4, 0.5) is 0 Å². The number of rotatable bonds is 4. The van der Waals surface area contributed by atoms with Crippen molar-refractivity contribution >= 4 is 15.9 Å². The lowest BCUT2D eigenvalue weighted by molar-refractivity contribution is 1.09. The van der Waals surface area contributed by atoms with E-state index < -0.39 is 0 Å². The van der Waals surface area contributed by atoms with Crippen LogP contribution in [-0.4, -0.2) is 5.33 Å². The second kappa shape index (κ2) is 5.98. The van der Waals surface area contributed by atoms with Crippen LogP contribution >= 0.6 is 15.9 Å². The molecule has 0 spiro atoms. The maximum Gasteiger partial charge on any atom is 0.00684 e. The van der Waals surface area contributed by atoms with Crippen molar-refractivity contribution in [3.05, 3.63) is 47.5 Å². The Morgan fingerprint density at radius 1 is 1.31 bits per heavy atom. The quantitative estimate of drug-likeness (QED) is 0.551. The zero-order chi connectivity index (χ0) is 9.52. The van der Waals surface area contributed by atoms with E-state index in [-0.39, 0.29) is 0 Å². The van der Waals surface area contributed by atoms with Gasteiger partial charge in [-0.05, 0) is 25.3 Å². The second-order valence-electron chi connectivity index (χ2n) is 3.18. The van der Waals surface area contributed by atoms with Gasteiger partial charge >= 0.3 is 0 Å². The highest BCUT2D eigenvalue weighted by Gasteiger charge is 1.89. The molecule has 0 aliphatic rings. The van der Waals surface area contributed by atoms with Crippen LogP contribution in [0.1, 0.15) is 18.9 Å². The Morgan fingerprint density at radius 3 is 2.62 bits per heavy atom. The highest BCUT2D eigenvalue weighted by atomic mass is 79.9. The van der Waals surface area contributed by atoms with Crippen LogP contribution in [0.3, 0.4) is 0 Å². The highest BCUT2D eigenvalue weighted by Crippen LogP contribution is 2.06. The van der Waals surface area contributed by atoms with Gasteiger partial charge in [-0.1, -0.05) is 57.9 Å². The number of benzene rings is 1. The Morgan fingerprint density at radius 2 is 2.00 bits per heavy atom. The Kier molecular flexibility index (Phi) is 4.84. The first-order valence-electron chi connectivity index (χ1n) is 4.58. The minimum absolute atomic E-state index is 1.06. The molecule has 0 unspecified atom stereocenters. The third kappa shape index (κ3) is 4.28. The molecule has 0 aliphatic heterocycles. The van der Waals surface area contributed by atoms with Crippen molar-refractivity contribution in [2.75, 3.05) is 5.33 Å². The lowest BCUT2D eigenvalue weighted by Crippen LogP contribution is -1.83. The summed E-state index contributed by atoms with van der Waals surface area (Å²) in [6.45, 7) is 2.18. The number of alkyl halides is 1. The number of hydrogen-bond donors (Lipinski definition) is 0. The van der Waals surface area contributed by atoms with Gasteiger partial charge in [0.25, 0.3) is 0 Å². The van der Waals surface area contributed by atoms with Gasteiger partial charge in [0.2, 0.25) is 0 Å². The molecule has 0 nitrogen and oxygen atoms in total. The van der Waals surface area contributed by atoms with Crippen LogP contribution in [0.25, 0.3) is 0 Å². The first-order valence-corrected chi connectivity index (χ1v) is 5.70. The van der Waals surface area contributed by atoms with Gasteiger partial charge in [0.15, 0.2) is 0 Å². The highest BCUT2D eigenvalue weighted by molar-refractivity contribution is 9.09. The number of halogens is 1. The first kappa shape index (κ1) is 10.5. The zero-order valence-electron chi connectivity index (χ0n) is 7.96. The monoisotopic (exact) mass is 238 g/mol. The van der Waals surface area contributed by atoms with E-state index in [1.165, 1.54) is 11.1 Å². The minimum Gasteiger partial charge on any atom is -0.0925 e. The average molecular weight is 239 g/mol. The van der Waals surface area contributed by atoms with Gasteiger partial charge in [0.05, 0.1) is 0 Å². The molecule has 0 saturated heterocycles. The largest absolute Gasteiger partial charge is 0.0925 e. The van der Waals surface area contributed by atoms with Crippen molar-refractivity contribution in [3.63, 3.8) is 0 Å². The fourth-order valence-corrected chi connectivity index (χ4v) is 1.78. The van der Waals surface area contributed by atoms with Crippen molar-refractivity contribution in [3.8, 4) is 0 Å². The molecule has 0 N–H and O–H groups in total. The fraction of sp³-hybridized carbons (Fsp3) is 0.333. The molecule has 0 aromatic heterocycles. The molecule has 0 aliphatic carbocycles. The van der Waals surface area contributed by atoms with Crippen molar-refractivity contribution in [1.29, 1.82) is 0 Å². The summed E-state index contributed by atoms with van der Waals surface area (Å²) in [6.07, 6.45) is 4.50. The minimum atomic E-state index is 1.06. The number of allylic oxidation sites excluding steroid dienone is 2. The predicted octanol–water partition coefficient (Wildman–Crippen LogP) is 3.96. The molecule has 1 rings (SSSR count). The van der Waals surface area contributed by atoms with Gasteiger partial charge in [-0.25, -0.2) is 0 Å². The van der Waals surface area contributed by atoms with Gasteiger partial charge in [0.1, 0.15) is 0 Å². The maximum absolute atomic E-state index is 3.44. The topological polar surface area (TPSA) is 0 Å². The summed E-state index contributed by atoms with van der Waals surface area (Å²) < 4.78 is 0. The molecule has 0 fully saturated rings. The summed E-state index contributed by atoms with van der Waals surface area (Å²) in [6, 6.07) is 10.6. The van der Waals surface area contributed by atoms with Crippen LogP contribution in [0.2, 0.25) is 0 Å². The molecule has 1 aromatic rings. The fourth-order valence-electron chi connectivity index (χ4n) is 1.16. The standard InChI is InChI=1S/C12H15Br/c1-11(9-10-13)7-8-12-5-3-2-4-6-12/h2-7H,8-10H2,1H3/b11-7+. The molecule has 13 heavy (non-hydrogen) atoms. The second-order valence-corrected chi connectivity index (χ2v) is 3.97. The molecule has 1 aromatic carbocycles. The van der Waals surface area contributed by atoms with Gasteiger partial charge in [-0.3, -0.25) is 0 Å². The summed E-state index contributed by atoms with van der Waals surface area (Å²) >= 11 is 3.44. The molecular weight excluding hydrogens is 224 g/mol. The molecule has 0 heterocycles. The summed E-state index contributed by atoms with van der Waals surface area (Å²) in [5.74, 6) is 0. The summed E-state index contributed by atoms with van der Waals surface area (Å²) in [5.41, 5.74) is 2.84. The Labute approximate surface area is 88.8 Å². The smallest absolute Gasteiger partial charge is 0.00684 e. The Hall–Kier alpha value is -0.560. The zero-order valence-corrected chi connectivity index (χ0v) is 9.55. The van der Waals surface area contributed by atoms with Crippen molar-refractivity contribution < 1.29 is 0 Å². The van der Waals surface area contributed by atoms with E-state index in [1.54, 1.807) is 0 Å². The van der Waals surface area contributed by atoms with Gasteiger partial charge in [0, 0.05) is 5.33 Å². The van der Waals surface area contributed by atoms with Crippen molar-refractivity contribution in [2.45, 2.75) is 19.8 Å². The van der Waals surface area contributed by atoms with E-state index in [1.807, 2.05) is 0 Å². The molecular formula is C12H15Br. The van der Waals surface area contributed by atoms with Crippen molar-refractivity contribution in [2.24, 2.45) is 0 Å². The van der Waals surface area contributed by atoms with E-state index in [0.717, 1.165) is 18.2 Å². The third-order valence-corrected chi connectivity index (χ3v) is 2.41. The van der Waals surface area contributed by atoms with Gasteiger partial charge < -0.3 is 0 Å². The lowest BCUT2D eigenvalue weighted by Gasteiger charge is -1.98.